The predicted molar refractivity (Wildman–Crippen MR) is 97.9 cm³/mol. The minimum atomic E-state index is -0.0952. The number of oxazole rings is 1. The molecular formula is C19H25N3O4. The second-order valence-electron chi connectivity index (χ2n) is 5.97. The van der Waals surface area contributed by atoms with Crippen LogP contribution >= 0.6 is 0 Å². The Morgan fingerprint density at radius 2 is 1.77 bits per heavy atom. The van der Waals surface area contributed by atoms with Crippen molar-refractivity contribution in [2.75, 3.05) is 20.2 Å². The molecule has 1 heterocycles. The van der Waals surface area contributed by atoms with Gasteiger partial charge < -0.3 is 19.8 Å². The lowest BCUT2D eigenvalue weighted by Gasteiger charge is -2.04. The molecule has 7 nitrogen and oxygen atoms in total. The number of amides is 2. The van der Waals surface area contributed by atoms with Crippen LogP contribution in [0, 0.1) is 6.92 Å². The minimum Gasteiger partial charge on any atom is -0.497 e. The van der Waals surface area contributed by atoms with Crippen LogP contribution in [0.4, 0.5) is 0 Å². The predicted octanol–water partition coefficient (Wildman–Crippen LogP) is 2.23. The molecule has 0 atom stereocenters. The smallest absolute Gasteiger partial charge is 0.226 e. The summed E-state index contributed by atoms with van der Waals surface area (Å²) in [6.45, 7) is 4.48. The van der Waals surface area contributed by atoms with E-state index in [1.807, 2.05) is 24.3 Å². The molecule has 0 spiro atoms. The third kappa shape index (κ3) is 5.91. The molecule has 2 rings (SSSR count). The van der Waals surface area contributed by atoms with Crippen LogP contribution in [0.3, 0.4) is 0 Å². The van der Waals surface area contributed by atoms with E-state index in [0.29, 0.717) is 30.4 Å². The zero-order chi connectivity index (χ0) is 18.9. The van der Waals surface area contributed by atoms with Crippen molar-refractivity contribution >= 4 is 11.8 Å². The van der Waals surface area contributed by atoms with Gasteiger partial charge in [0.25, 0.3) is 0 Å². The average molecular weight is 359 g/mol. The van der Waals surface area contributed by atoms with Gasteiger partial charge in [0.1, 0.15) is 11.5 Å². The summed E-state index contributed by atoms with van der Waals surface area (Å²) in [5.41, 5.74) is 1.46. The first-order chi connectivity index (χ1) is 12.5. The maximum atomic E-state index is 12.1. The van der Waals surface area contributed by atoms with Crippen molar-refractivity contribution in [3.05, 3.63) is 35.7 Å². The molecule has 2 amide bonds. The number of nitrogens with zero attached hydrogens (tertiary/aromatic N) is 1. The van der Waals surface area contributed by atoms with E-state index in [-0.39, 0.29) is 18.2 Å². The van der Waals surface area contributed by atoms with Crippen LogP contribution in [-0.4, -0.2) is 37.0 Å². The largest absolute Gasteiger partial charge is 0.497 e. The molecule has 1 aromatic carbocycles. The Labute approximate surface area is 153 Å². The number of benzene rings is 1. The molecule has 0 unspecified atom stereocenters. The second kappa shape index (κ2) is 9.60. The number of aromatic nitrogens is 1. The maximum absolute atomic E-state index is 12.1. The van der Waals surface area contributed by atoms with E-state index >= 15 is 0 Å². The second-order valence-corrected chi connectivity index (χ2v) is 5.97. The number of aryl methyl sites for hydroxylation is 1. The fourth-order valence-corrected chi connectivity index (χ4v) is 2.41. The lowest BCUT2D eigenvalue weighted by Crippen LogP contribution is -2.27. The fraction of sp³-hybridized carbons (Fsp3) is 0.421. The molecule has 0 aliphatic rings. The lowest BCUT2D eigenvalue weighted by atomic mass is 10.2. The van der Waals surface area contributed by atoms with Crippen LogP contribution in [0.2, 0.25) is 0 Å². The van der Waals surface area contributed by atoms with Gasteiger partial charge in [0, 0.05) is 25.6 Å². The number of hydrogen-bond acceptors (Lipinski definition) is 5. The quantitative estimate of drug-likeness (QED) is 0.670. The van der Waals surface area contributed by atoms with Gasteiger partial charge >= 0.3 is 0 Å². The van der Waals surface area contributed by atoms with E-state index < -0.39 is 0 Å². The van der Waals surface area contributed by atoms with E-state index in [2.05, 4.69) is 15.6 Å². The molecule has 1 aromatic heterocycles. The van der Waals surface area contributed by atoms with Crippen LogP contribution in [0.15, 0.2) is 28.7 Å². The highest BCUT2D eigenvalue weighted by Crippen LogP contribution is 2.24. The number of rotatable bonds is 9. The molecule has 26 heavy (non-hydrogen) atoms. The van der Waals surface area contributed by atoms with Gasteiger partial charge in [-0.3, -0.25) is 9.59 Å². The first-order valence-corrected chi connectivity index (χ1v) is 8.61. The van der Waals surface area contributed by atoms with Crippen molar-refractivity contribution in [2.24, 2.45) is 0 Å². The molecule has 0 fully saturated rings. The van der Waals surface area contributed by atoms with Gasteiger partial charge in [-0.1, -0.05) is 0 Å². The van der Waals surface area contributed by atoms with Gasteiger partial charge in [0.15, 0.2) is 0 Å². The lowest BCUT2D eigenvalue weighted by molar-refractivity contribution is -0.121. The zero-order valence-electron chi connectivity index (χ0n) is 15.4. The molecular weight excluding hydrogens is 334 g/mol. The number of carbonyl (C=O) groups is 2. The van der Waals surface area contributed by atoms with Crippen molar-refractivity contribution in [1.82, 2.24) is 15.6 Å². The van der Waals surface area contributed by atoms with Crippen LogP contribution in [0.5, 0.6) is 5.75 Å². The molecule has 0 aliphatic heterocycles. The molecule has 0 saturated carbocycles. The van der Waals surface area contributed by atoms with E-state index in [0.717, 1.165) is 24.2 Å². The van der Waals surface area contributed by atoms with Gasteiger partial charge in [0.05, 0.1) is 19.2 Å². The normalized spacial score (nSPS) is 10.4. The van der Waals surface area contributed by atoms with Gasteiger partial charge in [-0.2, -0.15) is 0 Å². The minimum absolute atomic E-state index is 0.0387. The summed E-state index contributed by atoms with van der Waals surface area (Å²) in [6.07, 6.45) is 1.81. The van der Waals surface area contributed by atoms with Crippen molar-refractivity contribution in [1.29, 1.82) is 0 Å². The molecule has 2 N–H and O–H groups in total. The molecule has 0 bridgehead atoms. The molecule has 0 aliphatic carbocycles. The topological polar surface area (TPSA) is 93.5 Å². The summed E-state index contributed by atoms with van der Waals surface area (Å²) in [7, 11) is 1.61. The zero-order valence-corrected chi connectivity index (χ0v) is 15.4. The van der Waals surface area contributed by atoms with E-state index in [1.165, 1.54) is 6.92 Å². The van der Waals surface area contributed by atoms with Crippen molar-refractivity contribution in [3.8, 4) is 17.2 Å². The van der Waals surface area contributed by atoms with E-state index in [4.69, 9.17) is 9.15 Å². The van der Waals surface area contributed by atoms with Crippen LogP contribution in [-0.2, 0) is 16.0 Å². The Balaban J connectivity index is 1.82. The third-order valence-corrected chi connectivity index (χ3v) is 3.86. The Morgan fingerprint density at radius 3 is 2.38 bits per heavy atom. The van der Waals surface area contributed by atoms with Crippen molar-refractivity contribution < 1.29 is 18.7 Å². The number of unbranched alkanes of at least 4 members (excludes halogenated alkanes) is 1. The monoisotopic (exact) mass is 359 g/mol. The van der Waals surface area contributed by atoms with Crippen LogP contribution in [0.1, 0.15) is 31.2 Å². The average Bonchev–Trinajstić information content (AvgIpc) is 2.98. The number of hydrogen-bond donors (Lipinski definition) is 2. The van der Waals surface area contributed by atoms with E-state index in [1.54, 1.807) is 14.0 Å². The fourth-order valence-electron chi connectivity index (χ4n) is 2.41. The summed E-state index contributed by atoms with van der Waals surface area (Å²) in [5, 5.41) is 5.59. The number of methoxy groups -OCH3 is 1. The summed E-state index contributed by atoms with van der Waals surface area (Å²) < 4.78 is 10.8. The van der Waals surface area contributed by atoms with Crippen molar-refractivity contribution in [2.45, 2.75) is 33.1 Å². The summed E-state index contributed by atoms with van der Waals surface area (Å²) in [4.78, 5) is 27.2. The van der Waals surface area contributed by atoms with Gasteiger partial charge in [0.2, 0.25) is 17.7 Å². The SMILES string of the molecule is COc1ccc(-c2nc(CC(=O)NCCCCNC(C)=O)c(C)o2)cc1. The Bertz CT molecular complexity index is 738. The Morgan fingerprint density at radius 1 is 1.12 bits per heavy atom. The highest BCUT2D eigenvalue weighted by molar-refractivity contribution is 5.78. The summed E-state index contributed by atoms with van der Waals surface area (Å²) in [5.74, 6) is 1.75. The molecule has 2 aromatic rings. The molecule has 7 heteroatoms. The highest BCUT2D eigenvalue weighted by Gasteiger charge is 2.14. The summed E-state index contributed by atoms with van der Waals surface area (Å²) >= 11 is 0. The Hall–Kier alpha value is -2.83. The number of carbonyl (C=O) groups excluding carboxylic acids is 2. The van der Waals surface area contributed by atoms with Gasteiger partial charge in [-0.05, 0) is 44.0 Å². The summed E-state index contributed by atoms with van der Waals surface area (Å²) in [6, 6.07) is 7.40. The highest BCUT2D eigenvalue weighted by atomic mass is 16.5. The van der Waals surface area contributed by atoms with Gasteiger partial charge in [-0.15, -0.1) is 0 Å². The standard InChI is InChI=1S/C19H25N3O4/c1-13-17(12-18(24)21-11-5-4-10-20-14(2)23)22-19(26-13)15-6-8-16(25-3)9-7-15/h6-9H,4-5,10-12H2,1-3H3,(H,20,23)(H,21,24). The number of nitrogens with one attached hydrogen (secondary N) is 2. The Kier molecular flexibility index (Phi) is 7.20. The van der Waals surface area contributed by atoms with Gasteiger partial charge in [-0.25, -0.2) is 4.98 Å². The number of ether oxygens (including phenoxy) is 1. The van der Waals surface area contributed by atoms with E-state index in [9.17, 15) is 9.59 Å². The first kappa shape index (κ1) is 19.5. The molecule has 0 saturated heterocycles. The maximum Gasteiger partial charge on any atom is 0.226 e. The first-order valence-electron chi connectivity index (χ1n) is 8.61. The third-order valence-electron chi connectivity index (χ3n) is 3.86. The van der Waals surface area contributed by atoms with Crippen molar-refractivity contribution in [3.63, 3.8) is 0 Å². The molecule has 140 valence electrons. The van der Waals surface area contributed by atoms with Crippen LogP contribution < -0.4 is 15.4 Å². The van der Waals surface area contributed by atoms with Crippen LogP contribution in [0.25, 0.3) is 11.5 Å². The molecule has 0 radical (unpaired) electrons.